The number of likely N-dealkylation sites (N-methyl/N-ethyl adjacent to an activating group) is 1. The van der Waals surface area contributed by atoms with Crippen LogP contribution in [0.1, 0.15) is 52.9 Å². The molecule has 0 aromatic heterocycles. The number of rotatable bonds is 7. The molecule has 0 bridgehead atoms. The lowest BCUT2D eigenvalue weighted by Crippen LogP contribution is -2.43. The number of nitrogens with one attached hydrogen (secondary N) is 1. The summed E-state index contributed by atoms with van der Waals surface area (Å²) in [4.78, 5) is 14.1. The van der Waals surface area contributed by atoms with E-state index in [1.54, 1.807) is 0 Å². The molecular formula is C16H33N3O. The first-order chi connectivity index (χ1) is 9.38. The van der Waals surface area contributed by atoms with Gasteiger partial charge in [-0.05, 0) is 57.5 Å². The molecule has 1 aliphatic carbocycles. The maximum atomic E-state index is 12.0. The fraction of sp³-hybridized carbons (Fsp3) is 0.938. The van der Waals surface area contributed by atoms with Gasteiger partial charge in [0.2, 0.25) is 5.91 Å². The van der Waals surface area contributed by atoms with Crippen molar-refractivity contribution in [2.24, 2.45) is 17.6 Å². The first-order valence-corrected chi connectivity index (χ1v) is 8.12. The number of nitrogens with zero attached hydrogens (tertiary/aromatic N) is 1. The summed E-state index contributed by atoms with van der Waals surface area (Å²) in [6.45, 7) is 7.94. The van der Waals surface area contributed by atoms with E-state index in [1.807, 2.05) is 7.05 Å². The first kappa shape index (κ1) is 17.4. The molecule has 1 atom stereocenters. The second-order valence-electron chi connectivity index (χ2n) is 6.96. The van der Waals surface area contributed by atoms with E-state index in [9.17, 15) is 4.79 Å². The second kappa shape index (κ2) is 8.63. The monoisotopic (exact) mass is 283 g/mol. The Morgan fingerprint density at radius 1 is 1.30 bits per heavy atom. The Hall–Kier alpha value is -0.610. The summed E-state index contributed by atoms with van der Waals surface area (Å²) in [6, 6.07) is 0.616. The molecule has 1 aliphatic rings. The van der Waals surface area contributed by atoms with Crippen LogP contribution >= 0.6 is 0 Å². The quantitative estimate of drug-likeness (QED) is 0.751. The van der Waals surface area contributed by atoms with Gasteiger partial charge in [0, 0.05) is 12.1 Å². The maximum absolute atomic E-state index is 12.0. The molecule has 118 valence electrons. The molecule has 20 heavy (non-hydrogen) atoms. The van der Waals surface area contributed by atoms with Crippen molar-refractivity contribution in [2.75, 3.05) is 20.1 Å². The van der Waals surface area contributed by atoms with Gasteiger partial charge < -0.3 is 11.1 Å². The molecule has 1 unspecified atom stereocenters. The highest BCUT2D eigenvalue weighted by atomic mass is 16.2. The molecular weight excluding hydrogens is 250 g/mol. The van der Waals surface area contributed by atoms with Gasteiger partial charge in [-0.15, -0.1) is 0 Å². The summed E-state index contributed by atoms with van der Waals surface area (Å²) in [6.07, 6.45) is 5.69. The van der Waals surface area contributed by atoms with Crippen LogP contribution in [0.4, 0.5) is 0 Å². The zero-order valence-corrected chi connectivity index (χ0v) is 13.7. The average molecular weight is 283 g/mol. The van der Waals surface area contributed by atoms with Crippen molar-refractivity contribution >= 4 is 5.91 Å². The van der Waals surface area contributed by atoms with Crippen LogP contribution in [0, 0.1) is 11.8 Å². The summed E-state index contributed by atoms with van der Waals surface area (Å²) in [5.74, 6) is 1.48. The number of hydrogen-bond acceptors (Lipinski definition) is 3. The van der Waals surface area contributed by atoms with Crippen molar-refractivity contribution < 1.29 is 4.79 Å². The van der Waals surface area contributed by atoms with Gasteiger partial charge in [-0.3, -0.25) is 9.69 Å². The van der Waals surface area contributed by atoms with Crippen molar-refractivity contribution in [3.8, 4) is 0 Å². The third-order valence-corrected chi connectivity index (χ3v) is 4.49. The van der Waals surface area contributed by atoms with Crippen molar-refractivity contribution in [3.63, 3.8) is 0 Å². The molecule has 0 radical (unpaired) electrons. The summed E-state index contributed by atoms with van der Waals surface area (Å²) < 4.78 is 0. The zero-order valence-electron chi connectivity index (χ0n) is 13.7. The van der Waals surface area contributed by atoms with Crippen molar-refractivity contribution in [1.82, 2.24) is 10.2 Å². The van der Waals surface area contributed by atoms with Gasteiger partial charge in [-0.1, -0.05) is 20.8 Å². The van der Waals surface area contributed by atoms with Crippen LogP contribution in [0.15, 0.2) is 0 Å². The van der Waals surface area contributed by atoms with Gasteiger partial charge in [-0.2, -0.15) is 0 Å². The molecule has 1 rings (SSSR count). The zero-order chi connectivity index (χ0) is 15.1. The highest BCUT2D eigenvalue weighted by Gasteiger charge is 2.20. The topological polar surface area (TPSA) is 58.4 Å². The molecule has 1 fully saturated rings. The molecule has 4 nitrogen and oxygen atoms in total. The Labute approximate surface area is 124 Å². The molecule has 0 aromatic carbocycles. The number of carbonyl (C=O) groups is 1. The predicted octanol–water partition coefficient (Wildman–Crippen LogP) is 1.99. The van der Waals surface area contributed by atoms with Crippen molar-refractivity contribution in [1.29, 1.82) is 0 Å². The summed E-state index contributed by atoms with van der Waals surface area (Å²) in [5.41, 5.74) is 6.03. The van der Waals surface area contributed by atoms with Gasteiger partial charge in [0.15, 0.2) is 0 Å². The van der Waals surface area contributed by atoms with Gasteiger partial charge in [0.25, 0.3) is 0 Å². The van der Waals surface area contributed by atoms with E-state index in [0.29, 0.717) is 18.5 Å². The van der Waals surface area contributed by atoms with Crippen LogP contribution in [0.5, 0.6) is 0 Å². The molecule has 1 saturated carbocycles. The Bertz CT molecular complexity index is 285. The van der Waals surface area contributed by atoms with Crippen LogP contribution in [-0.2, 0) is 4.79 Å². The van der Waals surface area contributed by atoms with Crippen LogP contribution in [0.2, 0.25) is 0 Å². The highest BCUT2D eigenvalue weighted by Crippen LogP contribution is 2.23. The van der Waals surface area contributed by atoms with E-state index < -0.39 is 0 Å². The van der Waals surface area contributed by atoms with Crippen molar-refractivity contribution in [3.05, 3.63) is 0 Å². The van der Waals surface area contributed by atoms with E-state index >= 15 is 0 Å². The van der Waals surface area contributed by atoms with E-state index in [-0.39, 0.29) is 11.9 Å². The lowest BCUT2D eigenvalue weighted by atomic mass is 9.87. The van der Waals surface area contributed by atoms with Gasteiger partial charge >= 0.3 is 0 Å². The molecule has 0 saturated heterocycles. The van der Waals surface area contributed by atoms with Gasteiger partial charge in [0.05, 0.1) is 6.54 Å². The van der Waals surface area contributed by atoms with Crippen LogP contribution < -0.4 is 11.1 Å². The second-order valence-corrected chi connectivity index (χ2v) is 6.96. The molecule has 4 heteroatoms. The van der Waals surface area contributed by atoms with Gasteiger partial charge in [0.1, 0.15) is 0 Å². The average Bonchev–Trinajstić information content (AvgIpc) is 2.38. The number of nitrogens with two attached hydrogens (primary N) is 1. The summed E-state index contributed by atoms with van der Waals surface area (Å²) in [5, 5.41) is 3.17. The molecule has 0 aromatic rings. The van der Waals surface area contributed by atoms with Crippen molar-refractivity contribution in [2.45, 2.75) is 65.0 Å². The number of hydrogen-bond donors (Lipinski definition) is 2. The summed E-state index contributed by atoms with van der Waals surface area (Å²) >= 11 is 0. The molecule has 1 amide bonds. The van der Waals surface area contributed by atoms with Gasteiger partial charge in [-0.25, -0.2) is 0 Å². The fourth-order valence-electron chi connectivity index (χ4n) is 2.70. The predicted molar refractivity (Wildman–Crippen MR) is 84.5 cm³/mol. The standard InChI is InChI=1S/C16H33N3O/c1-12(2)15(17)9-10-19(4)11-16(20)18-14-7-5-13(3)6-8-14/h12-15H,5-11,17H2,1-4H3,(H,18,20). The van der Waals surface area contributed by atoms with Crippen LogP contribution in [0.3, 0.4) is 0 Å². The van der Waals surface area contributed by atoms with E-state index in [1.165, 1.54) is 12.8 Å². The maximum Gasteiger partial charge on any atom is 0.234 e. The van der Waals surface area contributed by atoms with Crippen LogP contribution in [0.25, 0.3) is 0 Å². The Balaban J connectivity index is 2.18. The lowest BCUT2D eigenvalue weighted by Gasteiger charge is -2.28. The molecule has 0 aliphatic heterocycles. The normalized spacial score (nSPS) is 24.9. The number of carbonyl (C=O) groups excluding carboxylic acids is 1. The fourth-order valence-corrected chi connectivity index (χ4v) is 2.70. The number of amides is 1. The largest absolute Gasteiger partial charge is 0.352 e. The van der Waals surface area contributed by atoms with E-state index in [0.717, 1.165) is 31.7 Å². The Kier molecular flexibility index (Phi) is 7.52. The third kappa shape index (κ3) is 6.71. The highest BCUT2D eigenvalue weighted by molar-refractivity contribution is 5.78. The molecule has 0 heterocycles. The Morgan fingerprint density at radius 2 is 1.90 bits per heavy atom. The third-order valence-electron chi connectivity index (χ3n) is 4.49. The molecule has 0 spiro atoms. The SMILES string of the molecule is CC1CCC(NC(=O)CN(C)CCC(N)C(C)C)CC1. The van der Waals surface area contributed by atoms with E-state index in [2.05, 4.69) is 31.0 Å². The van der Waals surface area contributed by atoms with Crippen LogP contribution in [-0.4, -0.2) is 43.0 Å². The first-order valence-electron chi connectivity index (χ1n) is 8.12. The molecule has 3 N–H and O–H groups in total. The summed E-state index contributed by atoms with van der Waals surface area (Å²) in [7, 11) is 2.00. The van der Waals surface area contributed by atoms with E-state index in [4.69, 9.17) is 5.73 Å². The lowest BCUT2D eigenvalue weighted by molar-refractivity contribution is -0.122. The Morgan fingerprint density at radius 3 is 2.45 bits per heavy atom. The minimum absolute atomic E-state index is 0.158. The minimum atomic E-state index is 0.158. The smallest absolute Gasteiger partial charge is 0.234 e. The minimum Gasteiger partial charge on any atom is -0.352 e.